The quantitative estimate of drug-likeness (QED) is 0.761. The van der Waals surface area contributed by atoms with Crippen LogP contribution < -0.4 is 9.80 Å². The van der Waals surface area contributed by atoms with E-state index in [1.165, 1.54) is 12.8 Å². The lowest BCUT2D eigenvalue weighted by atomic mass is 10.2. The van der Waals surface area contributed by atoms with Crippen LogP contribution in [-0.4, -0.2) is 60.0 Å². The maximum atomic E-state index is 12.5. The molecule has 0 unspecified atom stereocenters. The van der Waals surface area contributed by atoms with E-state index in [1.54, 1.807) is 12.1 Å². The average molecular weight is 420 g/mol. The van der Waals surface area contributed by atoms with Gasteiger partial charge < -0.3 is 19.1 Å². The molecule has 138 valence electrons. The lowest BCUT2D eigenvalue weighted by Gasteiger charge is -2.35. The number of anilines is 2. The van der Waals surface area contributed by atoms with Crippen LogP contribution in [0.3, 0.4) is 0 Å². The maximum absolute atomic E-state index is 12.5. The lowest BCUT2D eigenvalue weighted by Crippen LogP contribution is -2.49. The first kappa shape index (κ1) is 17.3. The Labute approximate surface area is 161 Å². The molecule has 8 heteroatoms. The molecule has 2 fully saturated rings. The molecule has 2 aliphatic heterocycles. The summed E-state index contributed by atoms with van der Waals surface area (Å²) in [6.45, 7) is 6.89. The number of halogens is 1. The first-order chi connectivity index (χ1) is 12.6. The highest BCUT2D eigenvalue weighted by molar-refractivity contribution is 9.10. The fourth-order valence-corrected chi connectivity index (χ4v) is 3.84. The molecule has 0 radical (unpaired) electrons. The predicted molar refractivity (Wildman–Crippen MR) is 103 cm³/mol. The van der Waals surface area contributed by atoms with Crippen molar-refractivity contribution in [3.63, 3.8) is 0 Å². The maximum Gasteiger partial charge on any atom is 0.289 e. The molecule has 7 nitrogen and oxygen atoms in total. The van der Waals surface area contributed by atoms with Crippen LogP contribution in [0, 0.1) is 6.92 Å². The van der Waals surface area contributed by atoms with Gasteiger partial charge in [0.25, 0.3) is 5.91 Å². The number of hydrogen-bond donors (Lipinski definition) is 0. The second kappa shape index (κ2) is 7.26. The molecule has 2 aromatic heterocycles. The topological polar surface area (TPSA) is 65.7 Å². The van der Waals surface area contributed by atoms with Crippen molar-refractivity contribution in [2.45, 2.75) is 19.8 Å². The minimum atomic E-state index is -0.0630. The zero-order chi connectivity index (χ0) is 18.1. The van der Waals surface area contributed by atoms with Gasteiger partial charge in [-0.1, -0.05) is 0 Å². The Morgan fingerprint density at radius 3 is 2.19 bits per heavy atom. The number of amides is 1. The lowest BCUT2D eigenvalue weighted by molar-refractivity contribution is 0.0713. The number of aromatic nitrogens is 2. The second-order valence-electron chi connectivity index (χ2n) is 6.71. The molecule has 26 heavy (non-hydrogen) atoms. The summed E-state index contributed by atoms with van der Waals surface area (Å²) in [5.74, 6) is 3.08. The molecule has 4 rings (SSSR count). The molecular formula is C18H22BrN5O2. The molecule has 2 aliphatic rings. The van der Waals surface area contributed by atoms with Crippen LogP contribution in [0.1, 0.15) is 29.2 Å². The first-order valence-electron chi connectivity index (χ1n) is 9.00. The molecule has 0 aliphatic carbocycles. The Balaban J connectivity index is 1.43. The zero-order valence-corrected chi connectivity index (χ0v) is 16.4. The number of carbonyl (C=O) groups excluding carboxylic acids is 1. The predicted octanol–water partition coefficient (Wildman–Crippen LogP) is 2.70. The molecule has 0 saturated carbocycles. The van der Waals surface area contributed by atoms with Crippen molar-refractivity contribution in [1.82, 2.24) is 14.9 Å². The van der Waals surface area contributed by atoms with Crippen LogP contribution in [0.15, 0.2) is 27.3 Å². The van der Waals surface area contributed by atoms with Crippen LogP contribution in [0.4, 0.5) is 11.6 Å². The zero-order valence-electron chi connectivity index (χ0n) is 14.8. The van der Waals surface area contributed by atoms with Gasteiger partial charge in [-0.15, -0.1) is 0 Å². The average Bonchev–Trinajstić information content (AvgIpc) is 3.32. The molecule has 0 aromatic carbocycles. The van der Waals surface area contributed by atoms with Crippen molar-refractivity contribution >= 4 is 33.5 Å². The van der Waals surface area contributed by atoms with Crippen LogP contribution in [0.25, 0.3) is 0 Å². The summed E-state index contributed by atoms with van der Waals surface area (Å²) in [5.41, 5.74) is 0. The van der Waals surface area contributed by atoms with Crippen LogP contribution >= 0.6 is 15.9 Å². The summed E-state index contributed by atoms with van der Waals surface area (Å²) in [7, 11) is 0. The Morgan fingerprint density at radius 1 is 1.00 bits per heavy atom. The standard InChI is InChI=1S/C18H22BrN5O2/c1-13-20-16(22-6-2-3-7-22)12-17(21-13)23-8-10-24(11-9-23)18(25)14-4-5-15(19)26-14/h4-5,12H,2-3,6-11H2,1H3. The van der Waals surface area contributed by atoms with Crippen molar-refractivity contribution in [3.05, 3.63) is 34.5 Å². The van der Waals surface area contributed by atoms with Gasteiger partial charge in [0.1, 0.15) is 17.5 Å². The van der Waals surface area contributed by atoms with E-state index in [2.05, 4.69) is 41.8 Å². The van der Waals surface area contributed by atoms with Crippen LogP contribution in [-0.2, 0) is 0 Å². The van der Waals surface area contributed by atoms with Crippen LogP contribution in [0.2, 0.25) is 0 Å². The van der Waals surface area contributed by atoms with E-state index in [9.17, 15) is 4.79 Å². The van der Waals surface area contributed by atoms with E-state index in [-0.39, 0.29) is 5.91 Å². The number of hydrogen-bond acceptors (Lipinski definition) is 6. The van der Waals surface area contributed by atoms with E-state index in [0.717, 1.165) is 43.6 Å². The number of rotatable bonds is 3. The minimum Gasteiger partial charge on any atom is -0.444 e. The highest BCUT2D eigenvalue weighted by Crippen LogP contribution is 2.24. The van der Waals surface area contributed by atoms with Gasteiger partial charge in [-0.3, -0.25) is 4.79 Å². The van der Waals surface area contributed by atoms with Crippen molar-refractivity contribution in [2.75, 3.05) is 49.1 Å². The third-order valence-electron chi connectivity index (χ3n) is 4.92. The Bertz CT molecular complexity index is 795. The summed E-state index contributed by atoms with van der Waals surface area (Å²) in [5, 5.41) is 0. The normalized spacial score (nSPS) is 17.8. The minimum absolute atomic E-state index is 0.0630. The summed E-state index contributed by atoms with van der Waals surface area (Å²) < 4.78 is 5.96. The number of nitrogens with zero attached hydrogens (tertiary/aromatic N) is 5. The molecule has 0 atom stereocenters. The molecule has 0 N–H and O–H groups in total. The third kappa shape index (κ3) is 3.56. The van der Waals surface area contributed by atoms with E-state index >= 15 is 0 Å². The molecule has 2 aromatic rings. The van der Waals surface area contributed by atoms with Gasteiger partial charge in [0.05, 0.1) is 0 Å². The van der Waals surface area contributed by atoms with Gasteiger partial charge in [-0.05, 0) is 47.8 Å². The van der Waals surface area contributed by atoms with E-state index in [1.807, 2.05) is 11.8 Å². The molecule has 2 saturated heterocycles. The number of furan rings is 1. The summed E-state index contributed by atoms with van der Waals surface area (Å²) >= 11 is 3.24. The fourth-order valence-electron chi connectivity index (χ4n) is 3.53. The number of piperazine rings is 1. The van der Waals surface area contributed by atoms with Gasteiger partial charge in [0.15, 0.2) is 10.4 Å². The van der Waals surface area contributed by atoms with Crippen molar-refractivity contribution in [3.8, 4) is 0 Å². The Morgan fingerprint density at radius 2 is 1.62 bits per heavy atom. The molecule has 0 bridgehead atoms. The van der Waals surface area contributed by atoms with Crippen LogP contribution in [0.5, 0.6) is 0 Å². The third-order valence-corrected chi connectivity index (χ3v) is 5.34. The molecule has 1 amide bonds. The van der Waals surface area contributed by atoms with Gasteiger partial charge in [-0.2, -0.15) is 0 Å². The Hall–Kier alpha value is -2.09. The monoisotopic (exact) mass is 419 g/mol. The summed E-state index contributed by atoms with van der Waals surface area (Å²) in [4.78, 5) is 28.1. The van der Waals surface area contributed by atoms with Gasteiger partial charge >= 0.3 is 0 Å². The summed E-state index contributed by atoms with van der Waals surface area (Å²) in [6, 6.07) is 5.53. The smallest absolute Gasteiger partial charge is 0.289 e. The second-order valence-corrected chi connectivity index (χ2v) is 7.49. The van der Waals surface area contributed by atoms with E-state index in [0.29, 0.717) is 23.5 Å². The van der Waals surface area contributed by atoms with E-state index in [4.69, 9.17) is 4.42 Å². The SMILES string of the molecule is Cc1nc(N2CCCC2)cc(N2CCN(C(=O)c3ccc(Br)o3)CC2)n1. The van der Waals surface area contributed by atoms with Crippen molar-refractivity contribution in [1.29, 1.82) is 0 Å². The highest BCUT2D eigenvalue weighted by Gasteiger charge is 2.25. The number of carbonyl (C=O) groups is 1. The first-order valence-corrected chi connectivity index (χ1v) is 9.80. The molecular weight excluding hydrogens is 398 g/mol. The van der Waals surface area contributed by atoms with Gasteiger partial charge in [0.2, 0.25) is 0 Å². The van der Waals surface area contributed by atoms with E-state index < -0.39 is 0 Å². The van der Waals surface area contributed by atoms with Crippen molar-refractivity contribution in [2.24, 2.45) is 0 Å². The van der Waals surface area contributed by atoms with Gasteiger partial charge in [0, 0.05) is 45.3 Å². The molecule has 4 heterocycles. The highest BCUT2D eigenvalue weighted by atomic mass is 79.9. The fraction of sp³-hybridized carbons (Fsp3) is 0.500. The summed E-state index contributed by atoms with van der Waals surface area (Å²) in [6.07, 6.45) is 2.45. The van der Waals surface area contributed by atoms with Crippen molar-refractivity contribution < 1.29 is 9.21 Å². The largest absolute Gasteiger partial charge is 0.444 e. The van der Waals surface area contributed by atoms with Gasteiger partial charge in [-0.25, -0.2) is 9.97 Å². The molecule has 0 spiro atoms. The number of aryl methyl sites for hydroxylation is 1. The Kier molecular flexibility index (Phi) is 4.84.